The molecule has 3 aromatic rings. The summed E-state index contributed by atoms with van der Waals surface area (Å²) >= 11 is 0. The van der Waals surface area contributed by atoms with Crippen LogP contribution < -0.4 is 0 Å². The van der Waals surface area contributed by atoms with Gasteiger partial charge in [-0.1, -0.05) is 0 Å². The van der Waals surface area contributed by atoms with Crippen LogP contribution >= 0.6 is 0 Å². The minimum atomic E-state index is -0.923. The van der Waals surface area contributed by atoms with Crippen LogP contribution in [-0.2, 0) is 19.6 Å². The molecule has 9 heteroatoms. The van der Waals surface area contributed by atoms with E-state index in [1.54, 1.807) is 10.7 Å². The van der Waals surface area contributed by atoms with E-state index in [2.05, 4.69) is 25.1 Å². The molecule has 1 aliphatic rings. The monoisotopic (exact) mass is 315 g/mol. The summed E-state index contributed by atoms with van der Waals surface area (Å²) in [5.74, 6) is 1.32. The van der Waals surface area contributed by atoms with E-state index in [1.807, 2.05) is 23.0 Å². The molecule has 3 aromatic heterocycles. The number of hydrogen-bond donors (Lipinski definition) is 2. The molecule has 0 saturated carbocycles. The first-order valence-electron chi connectivity index (χ1n) is 7.47. The van der Waals surface area contributed by atoms with Crippen LogP contribution in [0.25, 0.3) is 5.78 Å². The molecule has 1 aliphatic heterocycles. The summed E-state index contributed by atoms with van der Waals surface area (Å²) in [7, 11) is 0. The summed E-state index contributed by atoms with van der Waals surface area (Å²) in [5.41, 5.74) is 1.53. The van der Waals surface area contributed by atoms with E-state index in [-0.39, 0.29) is 6.61 Å². The number of hydrogen-bond acceptors (Lipinski definition) is 7. The standard InChI is InChI=1S/C14H17N7O2/c22-9-12(23)11-6-10-7-19(4-5-20(10)17-11)8-13-16-14-15-2-1-3-21(14)18-13/h1-3,6,12,22-23H,4-5,7-9H2. The van der Waals surface area contributed by atoms with E-state index in [4.69, 9.17) is 5.11 Å². The Balaban J connectivity index is 1.50. The van der Waals surface area contributed by atoms with Crippen molar-refractivity contribution in [2.75, 3.05) is 13.2 Å². The first-order chi connectivity index (χ1) is 11.2. The average molecular weight is 315 g/mol. The molecule has 120 valence electrons. The Labute approximate surface area is 131 Å². The first-order valence-corrected chi connectivity index (χ1v) is 7.47. The van der Waals surface area contributed by atoms with Crippen LogP contribution in [0.3, 0.4) is 0 Å². The highest BCUT2D eigenvalue weighted by Crippen LogP contribution is 2.18. The molecular weight excluding hydrogens is 298 g/mol. The fraction of sp³-hybridized carbons (Fsp3) is 0.429. The van der Waals surface area contributed by atoms with Gasteiger partial charge in [-0.3, -0.25) is 9.58 Å². The van der Waals surface area contributed by atoms with Gasteiger partial charge >= 0.3 is 0 Å². The molecule has 0 amide bonds. The zero-order chi connectivity index (χ0) is 15.8. The summed E-state index contributed by atoms with van der Waals surface area (Å²) in [6.07, 6.45) is 2.60. The molecule has 23 heavy (non-hydrogen) atoms. The predicted octanol–water partition coefficient (Wildman–Crippen LogP) is -0.638. The van der Waals surface area contributed by atoms with Crippen molar-refractivity contribution in [2.45, 2.75) is 25.7 Å². The average Bonchev–Trinajstić information content (AvgIpc) is 3.16. The number of aliphatic hydroxyl groups excluding tert-OH is 2. The molecule has 2 N–H and O–H groups in total. The number of fused-ring (bicyclic) bond motifs is 2. The van der Waals surface area contributed by atoms with Crippen molar-refractivity contribution < 1.29 is 10.2 Å². The first kappa shape index (κ1) is 14.2. The van der Waals surface area contributed by atoms with Crippen LogP contribution in [0.1, 0.15) is 23.3 Å². The van der Waals surface area contributed by atoms with Crippen LogP contribution in [0.5, 0.6) is 0 Å². The maximum Gasteiger partial charge on any atom is 0.252 e. The molecule has 4 heterocycles. The van der Waals surface area contributed by atoms with Gasteiger partial charge in [0.1, 0.15) is 6.10 Å². The number of aromatic nitrogens is 6. The lowest BCUT2D eigenvalue weighted by molar-refractivity contribution is 0.0915. The third kappa shape index (κ3) is 2.69. The van der Waals surface area contributed by atoms with E-state index < -0.39 is 6.10 Å². The topological polar surface area (TPSA) is 105 Å². The molecule has 0 radical (unpaired) electrons. The van der Waals surface area contributed by atoms with Gasteiger partial charge in [-0.25, -0.2) is 9.50 Å². The summed E-state index contributed by atoms with van der Waals surface area (Å²) in [4.78, 5) is 10.8. The highest BCUT2D eigenvalue weighted by atomic mass is 16.3. The highest BCUT2D eigenvalue weighted by molar-refractivity contribution is 5.25. The Bertz CT molecular complexity index is 795. The van der Waals surface area contributed by atoms with Crippen molar-refractivity contribution in [3.63, 3.8) is 0 Å². The lowest BCUT2D eigenvalue weighted by Gasteiger charge is -2.26. The molecule has 1 unspecified atom stereocenters. The van der Waals surface area contributed by atoms with Crippen LogP contribution in [0.4, 0.5) is 0 Å². The summed E-state index contributed by atoms with van der Waals surface area (Å²) in [5, 5.41) is 27.5. The zero-order valence-corrected chi connectivity index (χ0v) is 12.4. The lowest BCUT2D eigenvalue weighted by atomic mass is 10.2. The van der Waals surface area contributed by atoms with Gasteiger partial charge in [0, 0.05) is 25.5 Å². The van der Waals surface area contributed by atoms with Gasteiger partial charge in [0.05, 0.1) is 31.1 Å². The van der Waals surface area contributed by atoms with Gasteiger partial charge in [0.25, 0.3) is 5.78 Å². The van der Waals surface area contributed by atoms with Gasteiger partial charge in [-0.15, -0.1) is 5.10 Å². The highest BCUT2D eigenvalue weighted by Gasteiger charge is 2.22. The van der Waals surface area contributed by atoms with Crippen molar-refractivity contribution in [3.8, 4) is 0 Å². The molecule has 0 spiro atoms. The maximum absolute atomic E-state index is 9.69. The second-order valence-corrected chi connectivity index (χ2v) is 5.59. The van der Waals surface area contributed by atoms with Crippen LogP contribution in [0.15, 0.2) is 24.5 Å². The van der Waals surface area contributed by atoms with Gasteiger partial charge in [-0.2, -0.15) is 10.1 Å². The fourth-order valence-electron chi connectivity index (χ4n) is 2.78. The molecule has 0 fully saturated rings. The minimum Gasteiger partial charge on any atom is -0.393 e. The zero-order valence-electron chi connectivity index (χ0n) is 12.4. The van der Waals surface area contributed by atoms with E-state index in [9.17, 15) is 5.11 Å². The molecule has 0 aliphatic carbocycles. The molecule has 0 bridgehead atoms. The minimum absolute atomic E-state index is 0.321. The van der Waals surface area contributed by atoms with Gasteiger partial charge in [0.15, 0.2) is 5.82 Å². The van der Waals surface area contributed by atoms with Crippen LogP contribution in [-0.4, -0.2) is 57.6 Å². The maximum atomic E-state index is 9.69. The van der Waals surface area contributed by atoms with Crippen LogP contribution in [0.2, 0.25) is 0 Å². The number of rotatable bonds is 4. The van der Waals surface area contributed by atoms with E-state index in [0.29, 0.717) is 24.6 Å². The van der Waals surface area contributed by atoms with E-state index in [0.717, 1.165) is 24.6 Å². The Morgan fingerprint density at radius 2 is 2.17 bits per heavy atom. The van der Waals surface area contributed by atoms with Crippen molar-refractivity contribution in [1.82, 2.24) is 34.3 Å². The van der Waals surface area contributed by atoms with E-state index >= 15 is 0 Å². The Morgan fingerprint density at radius 1 is 1.26 bits per heavy atom. The molecule has 1 atom stereocenters. The Morgan fingerprint density at radius 3 is 3.00 bits per heavy atom. The summed E-state index contributed by atoms with van der Waals surface area (Å²) < 4.78 is 3.54. The fourth-order valence-corrected chi connectivity index (χ4v) is 2.78. The largest absolute Gasteiger partial charge is 0.393 e. The molecule has 0 aromatic carbocycles. The second-order valence-electron chi connectivity index (χ2n) is 5.59. The Kier molecular flexibility index (Phi) is 3.52. The molecular formula is C14H17N7O2. The second kappa shape index (κ2) is 5.69. The third-order valence-electron chi connectivity index (χ3n) is 3.94. The van der Waals surface area contributed by atoms with Crippen molar-refractivity contribution in [2.24, 2.45) is 0 Å². The van der Waals surface area contributed by atoms with E-state index in [1.165, 1.54) is 0 Å². The normalized spacial score (nSPS) is 16.6. The van der Waals surface area contributed by atoms with Gasteiger partial charge in [0.2, 0.25) is 0 Å². The molecule has 9 nitrogen and oxygen atoms in total. The van der Waals surface area contributed by atoms with Crippen molar-refractivity contribution >= 4 is 5.78 Å². The Hall–Kier alpha value is -2.36. The molecule has 4 rings (SSSR count). The van der Waals surface area contributed by atoms with Crippen molar-refractivity contribution in [1.29, 1.82) is 0 Å². The van der Waals surface area contributed by atoms with Gasteiger partial charge in [-0.05, 0) is 12.1 Å². The van der Waals surface area contributed by atoms with Gasteiger partial charge < -0.3 is 10.2 Å². The molecule has 0 saturated heterocycles. The third-order valence-corrected chi connectivity index (χ3v) is 3.94. The predicted molar refractivity (Wildman–Crippen MR) is 79.2 cm³/mol. The van der Waals surface area contributed by atoms with Crippen LogP contribution in [0, 0.1) is 0 Å². The smallest absolute Gasteiger partial charge is 0.252 e. The number of aliphatic hydroxyl groups is 2. The SMILES string of the molecule is OCC(O)c1cc2n(n1)CCN(Cc1nc3ncccn3n1)C2. The summed E-state index contributed by atoms with van der Waals surface area (Å²) in [6, 6.07) is 3.66. The lowest BCUT2D eigenvalue weighted by Crippen LogP contribution is -2.33. The number of nitrogens with zero attached hydrogens (tertiary/aromatic N) is 7. The quantitative estimate of drug-likeness (QED) is 0.660. The van der Waals surface area contributed by atoms with Crippen molar-refractivity contribution in [3.05, 3.63) is 41.7 Å². The summed E-state index contributed by atoms with van der Waals surface area (Å²) in [6.45, 7) is 2.57.